The van der Waals surface area contributed by atoms with Crippen molar-refractivity contribution in [2.45, 2.75) is 64.1 Å². The number of ether oxygens (including phenoxy) is 2. The Morgan fingerprint density at radius 1 is 1.09 bits per heavy atom. The Labute approximate surface area is 128 Å². The molecule has 1 spiro atoms. The zero-order valence-corrected chi connectivity index (χ0v) is 13.1. The van der Waals surface area contributed by atoms with Crippen LogP contribution in [0.15, 0.2) is 11.8 Å². The van der Waals surface area contributed by atoms with Crippen LogP contribution in [0.1, 0.15) is 46.5 Å². The van der Waals surface area contributed by atoms with Crippen LogP contribution in [-0.2, 0) is 19.2 Å². The fraction of sp³-hybridized carbons (Fsp3) is 0.875. The molecular formula is C16H22F2O4. The van der Waals surface area contributed by atoms with E-state index in [0.29, 0.717) is 12.3 Å². The van der Waals surface area contributed by atoms with Gasteiger partial charge in [-0.25, -0.2) is 9.78 Å². The molecule has 1 saturated carbocycles. The molecule has 5 fully saturated rings. The third-order valence-corrected chi connectivity index (χ3v) is 6.21. The maximum Gasteiger partial charge on any atom is 0.308 e. The minimum absolute atomic E-state index is 0.0772. The standard InChI is InChI=1S/C16H22F2O4/c1-8-4-5-11-9(2)12(13(17)18)19-14-16(11)10(8)6-7-15(3,20-14)21-22-16/h8-11,14H,4-7H2,1-3H3/t8-,9-,10+,11+,14-,15+,16?/m1/s1. The van der Waals surface area contributed by atoms with Gasteiger partial charge in [-0.15, -0.1) is 0 Å². The highest BCUT2D eigenvalue weighted by molar-refractivity contribution is 5.16. The number of allylic oxidation sites excluding steroid dienone is 1. The number of rotatable bonds is 0. The van der Waals surface area contributed by atoms with E-state index >= 15 is 0 Å². The van der Waals surface area contributed by atoms with Crippen LogP contribution in [0, 0.1) is 23.7 Å². The average molecular weight is 316 g/mol. The molecule has 22 heavy (non-hydrogen) atoms. The fourth-order valence-electron chi connectivity index (χ4n) is 5.01. The van der Waals surface area contributed by atoms with E-state index in [1.165, 1.54) is 0 Å². The smallest absolute Gasteiger partial charge is 0.308 e. The van der Waals surface area contributed by atoms with Gasteiger partial charge >= 0.3 is 6.08 Å². The molecule has 5 aliphatic rings. The van der Waals surface area contributed by atoms with Crippen molar-refractivity contribution < 1.29 is 28.0 Å². The molecule has 0 aromatic carbocycles. The van der Waals surface area contributed by atoms with Crippen molar-refractivity contribution in [3.63, 3.8) is 0 Å². The van der Waals surface area contributed by atoms with Gasteiger partial charge in [-0.3, -0.25) is 0 Å². The zero-order valence-electron chi connectivity index (χ0n) is 13.1. The summed E-state index contributed by atoms with van der Waals surface area (Å²) in [4.78, 5) is 11.5. The summed E-state index contributed by atoms with van der Waals surface area (Å²) in [5.41, 5.74) is -0.772. The first-order valence-electron chi connectivity index (χ1n) is 8.14. The summed E-state index contributed by atoms with van der Waals surface area (Å²) in [5.74, 6) is -1.00. The predicted molar refractivity (Wildman–Crippen MR) is 72.3 cm³/mol. The van der Waals surface area contributed by atoms with E-state index in [-0.39, 0.29) is 17.6 Å². The summed E-state index contributed by atoms with van der Waals surface area (Å²) in [6, 6.07) is 0. The second kappa shape index (κ2) is 4.65. The maximum absolute atomic E-state index is 13.3. The van der Waals surface area contributed by atoms with Crippen molar-refractivity contribution in [2.24, 2.45) is 23.7 Å². The monoisotopic (exact) mass is 316 g/mol. The molecule has 1 aliphatic carbocycles. The Kier molecular flexibility index (Phi) is 3.14. The van der Waals surface area contributed by atoms with Gasteiger partial charge < -0.3 is 9.47 Å². The quantitative estimate of drug-likeness (QED) is 0.634. The van der Waals surface area contributed by atoms with E-state index in [1.54, 1.807) is 13.8 Å². The number of hydrogen-bond acceptors (Lipinski definition) is 4. The van der Waals surface area contributed by atoms with Crippen molar-refractivity contribution in [3.05, 3.63) is 11.8 Å². The summed E-state index contributed by atoms with van der Waals surface area (Å²) in [5, 5.41) is 0. The molecule has 1 unspecified atom stereocenters. The van der Waals surface area contributed by atoms with E-state index in [1.807, 2.05) is 0 Å². The molecule has 6 heteroatoms. The number of hydrogen-bond donors (Lipinski definition) is 0. The van der Waals surface area contributed by atoms with Gasteiger partial charge in [0.2, 0.25) is 12.1 Å². The Morgan fingerprint density at radius 2 is 1.86 bits per heavy atom. The number of fused-ring (bicyclic) bond motifs is 2. The summed E-state index contributed by atoms with van der Waals surface area (Å²) in [7, 11) is 0. The topological polar surface area (TPSA) is 36.9 Å². The molecule has 124 valence electrons. The maximum atomic E-state index is 13.3. The molecule has 5 rings (SSSR count). The third-order valence-electron chi connectivity index (χ3n) is 6.21. The lowest BCUT2D eigenvalue weighted by molar-refractivity contribution is -0.562. The first-order chi connectivity index (χ1) is 10.4. The van der Waals surface area contributed by atoms with E-state index in [4.69, 9.17) is 19.2 Å². The molecule has 0 N–H and O–H groups in total. The lowest BCUT2D eigenvalue weighted by Crippen LogP contribution is -2.68. The van der Waals surface area contributed by atoms with Gasteiger partial charge in [0.25, 0.3) is 0 Å². The Morgan fingerprint density at radius 3 is 2.59 bits per heavy atom. The Balaban J connectivity index is 1.84. The summed E-state index contributed by atoms with van der Waals surface area (Å²) in [6.45, 7) is 5.77. The summed E-state index contributed by atoms with van der Waals surface area (Å²) >= 11 is 0. The van der Waals surface area contributed by atoms with E-state index < -0.39 is 29.7 Å². The van der Waals surface area contributed by atoms with Crippen LogP contribution >= 0.6 is 0 Å². The first-order valence-corrected chi connectivity index (χ1v) is 8.14. The van der Waals surface area contributed by atoms with Crippen molar-refractivity contribution in [1.82, 2.24) is 0 Å². The summed E-state index contributed by atoms with van der Waals surface area (Å²) < 4.78 is 38.2. The highest BCUT2D eigenvalue weighted by Gasteiger charge is 2.69. The average Bonchev–Trinajstić information content (AvgIpc) is 2.69. The highest BCUT2D eigenvalue weighted by Crippen LogP contribution is 2.61. The molecule has 0 aromatic heterocycles. The first kappa shape index (κ1) is 14.8. The highest BCUT2D eigenvalue weighted by atomic mass is 19.3. The van der Waals surface area contributed by atoms with Crippen LogP contribution in [0.5, 0.6) is 0 Å². The van der Waals surface area contributed by atoms with Crippen molar-refractivity contribution in [2.75, 3.05) is 0 Å². The third kappa shape index (κ3) is 1.77. The molecule has 4 saturated heterocycles. The normalized spacial score (nSPS) is 53.5. The predicted octanol–water partition coefficient (Wildman–Crippen LogP) is 3.98. The van der Waals surface area contributed by atoms with Crippen LogP contribution in [0.3, 0.4) is 0 Å². The van der Waals surface area contributed by atoms with Gasteiger partial charge in [-0.2, -0.15) is 8.78 Å². The van der Waals surface area contributed by atoms with Crippen molar-refractivity contribution >= 4 is 0 Å². The molecule has 7 atom stereocenters. The van der Waals surface area contributed by atoms with Gasteiger partial charge in [0.15, 0.2) is 11.4 Å². The minimum Gasteiger partial charge on any atom is -0.460 e. The summed E-state index contributed by atoms with van der Waals surface area (Å²) in [6.07, 6.45) is 0.833. The fourth-order valence-corrected chi connectivity index (χ4v) is 5.01. The van der Waals surface area contributed by atoms with Gasteiger partial charge in [0.05, 0.1) is 0 Å². The molecular weight excluding hydrogens is 294 g/mol. The van der Waals surface area contributed by atoms with Crippen LogP contribution < -0.4 is 0 Å². The van der Waals surface area contributed by atoms with Gasteiger partial charge in [-0.05, 0) is 32.1 Å². The number of halogens is 2. The Bertz CT molecular complexity index is 520. The minimum atomic E-state index is -1.76. The van der Waals surface area contributed by atoms with Gasteiger partial charge in [-0.1, -0.05) is 13.8 Å². The Hall–Kier alpha value is -0.720. The second-order valence-electron chi connectivity index (χ2n) is 7.44. The molecule has 4 nitrogen and oxygen atoms in total. The molecule has 4 heterocycles. The zero-order chi connectivity index (χ0) is 15.7. The SMILES string of the molecule is C[C@@H]1CC[C@H]2[C@@H](C)C(=C(F)F)O[C@@H]3O[C@]4(C)CC[C@@H]1C32OO4. The van der Waals surface area contributed by atoms with Crippen LogP contribution in [0.25, 0.3) is 0 Å². The molecule has 0 amide bonds. The van der Waals surface area contributed by atoms with Crippen LogP contribution in [-0.4, -0.2) is 17.7 Å². The van der Waals surface area contributed by atoms with Crippen LogP contribution in [0.4, 0.5) is 8.78 Å². The van der Waals surface area contributed by atoms with E-state index in [9.17, 15) is 8.78 Å². The van der Waals surface area contributed by atoms with Crippen molar-refractivity contribution in [3.8, 4) is 0 Å². The lowest BCUT2D eigenvalue weighted by atomic mass is 9.58. The van der Waals surface area contributed by atoms with Crippen molar-refractivity contribution in [1.29, 1.82) is 0 Å². The molecule has 0 aromatic rings. The largest absolute Gasteiger partial charge is 0.460 e. The lowest BCUT2D eigenvalue weighted by Gasteiger charge is -2.58. The van der Waals surface area contributed by atoms with Gasteiger partial charge in [0.1, 0.15) is 0 Å². The van der Waals surface area contributed by atoms with Crippen LogP contribution in [0.2, 0.25) is 0 Å². The van der Waals surface area contributed by atoms with E-state index in [2.05, 4.69) is 6.92 Å². The second-order valence-corrected chi connectivity index (χ2v) is 7.44. The van der Waals surface area contributed by atoms with Gasteiger partial charge in [0, 0.05) is 24.2 Å². The molecule has 2 bridgehead atoms. The molecule has 0 radical (unpaired) electrons. The van der Waals surface area contributed by atoms with E-state index in [0.717, 1.165) is 19.3 Å². The molecule has 4 aliphatic heterocycles.